The Morgan fingerprint density at radius 2 is 1.37 bits per heavy atom. The molecule has 1 saturated heterocycles. The molecule has 0 spiro atoms. The number of anilines is 1. The maximum Gasteiger partial charge on any atom is 0.119 e. The monoisotopic (exact) mass is 518 g/mol. The molecule has 2 aromatic rings. The van der Waals surface area contributed by atoms with Crippen molar-refractivity contribution >= 4 is 30.5 Å². The lowest BCUT2D eigenvalue weighted by Crippen LogP contribution is -2.49. The molecule has 192 valence electrons. The molecule has 6 heteroatoms. The van der Waals surface area contributed by atoms with Crippen LogP contribution in [0, 0.1) is 17.8 Å². The lowest BCUT2D eigenvalue weighted by Gasteiger charge is -2.57. The number of para-hydroxylation sites is 1. The average Bonchev–Trinajstić information content (AvgIpc) is 2.83. The van der Waals surface area contributed by atoms with Crippen LogP contribution in [0.1, 0.15) is 44.1 Å². The van der Waals surface area contributed by atoms with Crippen molar-refractivity contribution in [3.63, 3.8) is 0 Å². The van der Waals surface area contributed by atoms with Gasteiger partial charge in [0.15, 0.2) is 0 Å². The van der Waals surface area contributed by atoms with Crippen molar-refractivity contribution in [2.24, 2.45) is 17.8 Å². The number of ether oxygens (including phenoxy) is 1. The first-order chi connectivity index (χ1) is 16.1. The first kappa shape index (κ1) is 26.6. The van der Waals surface area contributed by atoms with Crippen molar-refractivity contribution in [2.45, 2.75) is 50.0 Å². The van der Waals surface area contributed by atoms with Crippen molar-refractivity contribution in [3.05, 3.63) is 60.2 Å². The third-order valence-electron chi connectivity index (χ3n) is 8.91. The molecule has 4 bridgehead atoms. The third kappa shape index (κ3) is 5.77. The quantitative estimate of drug-likeness (QED) is 0.520. The van der Waals surface area contributed by atoms with Gasteiger partial charge < -0.3 is 14.7 Å². The zero-order valence-electron chi connectivity index (χ0n) is 20.6. The maximum absolute atomic E-state index is 10.6. The lowest BCUT2D eigenvalue weighted by atomic mass is 9.48. The van der Waals surface area contributed by atoms with Crippen LogP contribution in [-0.4, -0.2) is 55.4 Å². The number of hydrogen-bond acceptors (Lipinski definition) is 4. The Hall–Kier alpha value is -1.46. The van der Waals surface area contributed by atoms with E-state index in [1.165, 1.54) is 49.8 Å². The van der Waals surface area contributed by atoms with Crippen LogP contribution in [0.4, 0.5) is 5.69 Å². The number of aliphatic hydroxyl groups excluding tert-OH is 1. The molecule has 5 fully saturated rings. The molecule has 1 atom stereocenters. The summed E-state index contributed by atoms with van der Waals surface area (Å²) in [6.07, 6.45) is 8.19. The van der Waals surface area contributed by atoms with Gasteiger partial charge in [0.25, 0.3) is 0 Å². The molecular weight excluding hydrogens is 479 g/mol. The minimum atomic E-state index is -0.462. The van der Waals surface area contributed by atoms with Gasteiger partial charge in [0, 0.05) is 38.4 Å². The average molecular weight is 520 g/mol. The number of β-amino-alcohol motifs (C(OH)–C–C–N with tert-alkyl or cyclic N) is 1. The summed E-state index contributed by atoms with van der Waals surface area (Å²) in [6.45, 7) is 4.99. The second-order valence-electron chi connectivity index (χ2n) is 11.3. The predicted molar refractivity (Wildman–Crippen MR) is 147 cm³/mol. The fourth-order valence-corrected chi connectivity index (χ4v) is 7.74. The van der Waals surface area contributed by atoms with Gasteiger partial charge in [-0.25, -0.2) is 0 Å². The van der Waals surface area contributed by atoms with Gasteiger partial charge in [0.2, 0.25) is 0 Å². The molecule has 4 nitrogen and oxygen atoms in total. The highest BCUT2D eigenvalue weighted by Crippen LogP contribution is 2.60. The van der Waals surface area contributed by atoms with Crippen LogP contribution >= 0.6 is 24.8 Å². The Balaban J connectivity index is 0.00000144. The highest BCUT2D eigenvalue weighted by molar-refractivity contribution is 5.85. The van der Waals surface area contributed by atoms with E-state index in [0.717, 1.165) is 49.7 Å². The van der Waals surface area contributed by atoms with E-state index in [0.29, 0.717) is 18.6 Å². The standard InChI is InChI=1S/C29H38N2O2.2ClH/c32-27(20-30-10-12-31(13-11-30)26-4-2-1-3-5-26)21-33-28-8-6-25(7-9-28)29-17-22-14-23(18-29)16-24(15-22)19-29;;/h1-9,22-24,27,32H,10-21H2;2*1H. The number of piperazine rings is 1. The van der Waals surface area contributed by atoms with Crippen LogP contribution in [0.3, 0.4) is 0 Å². The van der Waals surface area contributed by atoms with Crippen LogP contribution < -0.4 is 9.64 Å². The van der Waals surface area contributed by atoms with Gasteiger partial charge in [-0.1, -0.05) is 30.3 Å². The second kappa shape index (κ2) is 11.3. The maximum atomic E-state index is 10.6. The van der Waals surface area contributed by atoms with Crippen molar-refractivity contribution < 1.29 is 9.84 Å². The number of halogens is 2. The summed E-state index contributed by atoms with van der Waals surface area (Å²) in [5.41, 5.74) is 3.26. The van der Waals surface area contributed by atoms with Crippen molar-refractivity contribution in [2.75, 3.05) is 44.2 Å². The molecular formula is C29H40Cl2N2O2. The topological polar surface area (TPSA) is 35.9 Å². The summed E-state index contributed by atoms with van der Waals surface area (Å²) in [7, 11) is 0. The summed E-state index contributed by atoms with van der Waals surface area (Å²) in [5, 5.41) is 10.6. The van der Waals surface area contributed by atoms with Gasteiger partial charge in [0.05, 0.1) is 0 Å². The molecule has 1 heterocycles. The van der Waals surface area contributed by atoms with Gasteiger partial charge >= 0.3 is 0 Å². The highest BCUT2D eigenvalue weighted by Gasteiger charge is 2.51. The first-order valence-electron chi connectivity index (χ1n) is 13.1. The molecule has 35 heavy (non-hydrogen) atoms. The molecule has 4 saturated carbocycles. The van der Waals surface area contributed by atoms with Gasteiger partial charge in [0.1, 0.15) is 18.5 Å². The Kier molecular flexibility index (Phi) is 8.58. The smallest absolute Gasteiger partial charge is 0.119 e. The van der Waals surface area contributed by atoms with Crippen molar-refractivity contribution in [1.82, 2.24) is 4.90 Å². The summed E-state index contributed by atoms with van der Waals surface area (Å²) in [5.74, 6) is 3.79. The van der Waals surface area contributed by atoms with E-state index in [1.807, 2.05) is 0 Å². The fraction of sp³-hybridized carbons (Fsp3) is 0.586. The minimum Gasteiger partial charge on any atom is -0.491 e. The molecule has 5 aliphatic rings. The number of rotatable bonds is 7. The molecule has 1 aliphatic heterocycles. The van der Waals surface area contributed by atoms with E-state index in [9.17, 15) is 5.11 Å². The molecule has 0 aromatic heterocycles. The third-order valence-corrected chi connectivity index (χ3v) is 8.91. The summed E-state index contributed by atoms with van der Waals surface area (Å²) >= 11 is 0. The Bertz CT molecular complexity index is 896. The lowest BCUT2D eigenvalue weighted by molar-refractivity contribution is -0.00522. The van der Waals surface area contributed by atoms with E-state index in [2.05, 4.69) is 64.4 Å². The van der Waals surface area contributed by atoms with Crippen molar-refractivity contribution in [1.29, 1.82) is 0 Å². The molecule has 1 N–H and O–H groups in total. The number of benzene rings is 2. The molecule has 0 radical (unpaired) electrons. The number of hydrogen-bond donors (Lipinski definition) is 1. The Morgan fingerprint density at radius 3 is 1.94 bits per heavy atom. The summed E-state index contributed by atoms with van der Waals surface area (Å²) < 4.78 is 5.99. The van der Waals surface area contributed by atoms with Gasteiger partial charge in [-0.3, -0.25) is 4.90 Å². The van der Waals surface area contributed by atoms with Crippen LogP contribution in [0.25, 0.3) is 0 Å². The molecule has 1 unspecified atom stereocenters. The predicted octanol–water partition coefficient (Wildman–Crippen LogP) is 5.56. The zero-order valence-corrected chi connectivity index (χ0v) is 22.2. The summed E-state index contributed by atoms with van der Waals surface area (Å²) in [6, 6.07) is 19.5. The van der Waals surface area contributed by atoms with Crippen LogP contribution in [0.2, 0.25) is 0 Å². The molecule has 4 aliphatic carbocycles. The summed E-state index contributed by atoms with van der Waals surface area (Å²) in [4.78, 5) is 4.77. The van der Waals surface area contributed by atoms with E-state index >= 15 is 0 Å². The molecule has 0 amide bonds. The van der Waals surface area contributed by atoms with E-state index in [1.54, 1.807) is 0 Å². The largest absolute Gasteiger partial charge is 0.491 e. The Morgan fingerprint density at radius 1 is 0.800 bits per heavy atom. The van der Waals surface area contributed by atoms with E-state index in [-0.39, 0.29) is 24.8 Å². The number of nitrogens with zero attached hydrogens (tertiary/aromatic N) is 2. The van der Waals surface area contributed by atoms with Crippen LogP contribution in [-0.2, 0) is 5.41 Å². The second-order valence-corrected chi connectivity index (χ2v) is 11.3. The van der Waals surface area contributed by atoms with Gasteiger partial charge in [-0.2, -0.15) is 0 Å². The fourth-order valence-electron chi connectivity index (χ4n) is 7.74. The van der Waals surface area contributed by atoms with Crippen molar-refractivity contribution in [3.8, 4) is 5.75 Å². The molecule has 2 aromatic carbocycles. The van der Waals surface area contributed by atoms with Crippen LogP contribution in [0.15, 0.2) is 54.6 Å². The van der Waals surface area contributed by atoms with E-state index < -0.39 is 6.10 Å². The zero-order chi connectivity index (χ0) is 22.3. The van der Waals surface area contributed by atoms with Crippen LogP contribution in [0.5, 0.6) is 5.75 Å². The van der Waals surface area contributed by atoms with E-state index in [4.69, 9.17) is 4.74 Å². The molecule has 7 rings (SSSR count). The Labute approximate surface area is 222 Å². The first-order valence-corrected chi connectivity index (χ1v) is 13.1. The number of aliphatic hydroxyl groups is 1. The minimum absolute atomic E-state index is 0. The highest BCUT2D eigenvalue weighted by atomic mass is 35.5. The SMILES string of the molecule is Cl.Cl.OC(COc1ccc(C23CC4CC(CC(C4)C2)C3)cc1)CN1CCN(c2ccccc2)CC1. The normalized spacial score (nSPS) is 30.3. The van der Waals surface area contributed by atoms with Gasteiger partial charge in [-0.05, 0) is 91.5 Å². The van der Waals surface area contributed by atoms with Gasteiger partial charge in [-0.15, -0.1) is 24.8 Å².